The first-order valence-electron chi connectivity index (χ1n) is 9.52. The number of hydrogen-bond acceptors (Lipinski definition) is 3. The van der Waals surface area contributed by atoms with Gasteiger partial charge in [0.05, 0.1) is 12.8 Å². The molecule has 1 aliphatic rings. The number of amides is 1. The zero-order valence-electron chi connectivity index (χ0n) is 17.7. The number of ether oxygens (including phenoxy) is 1. The van der Waals surface area contributed by atoms with Crippen molar-refractivity contribution in [3.63, 3.8) is 0 Å². The second-order valence-electron chi connectivity index (χ2n) is 9.36. The Kier molecular flexibility index (Phi) is 4.78. The zero-order chi connectivity index (χ0) is 20.9. The fourth-order valence-electron chi connectivity index (χ4n) is 3.55. The summed E-state index contributed by atoms with van der Waals surface area (Å²) in [4.78, 5) is 12.7. The smallest absolute Gasteiger partial charge is 0.256 e. The summed E-state index contributed by atoms with van der Waals surface area (Å²) in [7, 11) is 1.59. The third kappa shape index (κ3) is 3.51. The van der Waals surface area contributed by atoms with Crippen molar-refractivity contribution in [1.29, 1.82) is 0 Å². The molecule has 2 N–H and O–H groups in total. The highest BCUT2D eigenvalue weighted by molar-refractivity contribution is 6.35. The Bertz CT molecular complexity index is 937. The Balaban J connectivity index is 2.22. The molecule has 1 heterocycles. The van der Waals surface area contributed by atoms with E-state index >= 15 is 0 Å². The molecule has 1 amide bonds. The fraction of sp³-hybridized carbons (Fsp3) is 0.375. The van der Waals surface area contributed by atoms with Gasteiger partial charge in [-0.1, -0.05) is 53.7 Å². The average Bonchev–Trinajstić information content (AvgIpc) is 2.90. The summed E-state index contributed by atoms with van der Waals surface area (Å²) in [5.74, 6) is 0.827. The van der Waals surface area contributed by atoms with Crippen LogP contribution in [0.5, 0.6) is 11.5 Å². The van der Waals surface area contributed by atoms with Crippen molar-refractivity contribution in [2.24, 2.45) is 0 Å². The minimum absolute atomic E-state index is 0.151. The number of anilines is 1. The van der Waals surface area contributed by atoms with Crippen molar-refractivity contribution in [2.45, 2.75) is 52.4 Å². The number of carbonyl (C=O) groups is 1. The summed E-state index contributed by atoms with van der Waals surface area (Å²) in [6.07, 6.45) is 1.89. The van der Waals surface area contributed by atoms with Gasteiger partial charge in [-0.25, -0.2) is 0 Å². The van der Waals surface area contributed by atoms with Gasteiger partial charge in [-0.05, 0) is 40.7 Å². The first kappa shape index (κ1) is 20.0. The van der Waals surface area contributed by atoms with E-state index in [0.717, 1.165) is 22.3 Å². The van der Waals surface area contributed by atoms with Crippen LogP contribution in [0.1, 0.15) is 63.8 Å². The zero-order valence-corrected chi connectivity index (χ0v) is 17.7. The topological polar surface area (TPSA) is 58.6 Å². The van der Waals surface area contributed by atoms with Crippen LogP contribution in [-0.4, -0.2) is 18.1 Å². The molecule has 0 aliphatic carbocycles. The van der Waals surface area contributed by atoms with E-state index < -0.39 is 0 Å². The van der Waals surface area contributed by atoms with Gasteiger partial charge in [-0.2, -0.15) is 0 Å². The highest BCUT2D eigenvalue weighted by Crippen LogP contribution is 2.42. The molecule has 0 atom stereocenters. The van der Waals surface area contributed by atoms with Crippen LogP contribution in [0, 0.1) is 0 Å². The van der Waals surface area contributed by atoms with Crippen LogP contribution in [0.2, 0.25) is 0 Å². The molecule has 148 valence electrons. The predicted molar refractivity (Wildman–Crippen MR) is 115 cm³/mol. The summed E-state index contributed by atoms with van der Waals surface area (Å²) in [5, 5.41) is 13.8. The molecule has 0 saturated carbocycles. The molecule has 0 fully saturated rings. The summed E-state index contributed by atoms with van der Waals surface area (Å²) in [6.45, 7) is 12.5. The van der Waals surface area contributed by atoms with Gasteiger partial charge in [0.15, 0.2) is 0 Å². The van der Waals surface area contributed by atoms with Crippen LogP contribution < -0.4 is 10.1 Å². The molecule has 28 heavy (non-hydrogen) atoms. The number of nitrogens with one attached hydrogen (secondary N) is 1. The molecule has 0 aromatic heterocycles. The van der Waals surface area contributed by atoms with Gasteiger partial charge in [0.2, 0.25) is 0 Å². The molecule has 2 aromatic rings. The van der Waals surface area contributed by atoms with Gasteiger partial charge < -0.3 is 15.2 Å². The predicted octanol–water partition coefficient (Wildman–Crippen LogP) is 5.49. The molecule has 2 aromatic carbocycles. The molecule has 3 rings (SSSR count). The Morgan fingerprint density at radius 2 is 1.57 bits per heavy atom. The lowest BCUT2D eigenvalue weighted by atomic mass is 9.78. The number of benzene rings is 2. The third-order valence-corrected chi connectivity index (χ3v) is 5.08. The molecule has 0 bridgehead atoms. The van der Waals surface area contributed by atoms with Crippen LogP contribution in [0.4, 0.5) is 5.69 Å². The van der Waals surface area contributed by atoms with E-state index in [1.54, 1.807) is 7.11 Å². The van der Waals surface area contributed by atoms with E-state index in [1.165, 1.54) is 0 Å². The molecular weight excluding hydrogens is 350 g/mol. The van der Waals surface area contributed by atoms with Crippen molar-refractivity contribution in [2.75, 3.05) is 12.4 Å². The van der Waals surface area contributed by atoms with Crippen molar-refractivity contribution in [3.8, 4) is 11.5 Å². The van der Waals surface area contributed by atoms with E-state index in [9.17, 15) is 9.90 Å². The van der Waals surface area contributed by atoms with E-state index in [4.69, 9.17) is 4.74 Å². The number of phenols is 1. The standard InChI is InChI=1S/C24H29NO3/c1-23(2,3)17-12-14(13-18(21(17)26)24(4,5)6)11-16-15-9-8-10-19(28-7)20(15)25-22(16)27/h8-13,26H,1-7H3,(H,25,27)/b16-11+. The van der Waals surface area contributed by atoms with E-state index in [1.807, 2.05) is 36.4 Å². The van der Waals surface area contributed by atoms with Crippen LogP contribution in [0.15, 0.2) is 30.3 Å². The van der Waals surface area contributed by atoms with Crippen molar-refractivity contribution >= 4 is 23.2 Å². The fourth-order valence-corrected chi connectivity index (χ4v) is 3.55. The van der Waals surface area contributed by atoms with Crippen LogP contribution in [0.25, 0.3) is 11.6 Å². The molecule has 0 saturated heterocycles. The molecule has 4 heteroatoms. The lowest BCUT2D eigenvalue weighted by molar-refractivity contribution is -0.110. The number of methoxy groups -OCH3 is 1. The van der Waals surface area contributed by atoms with E-state index in [-0.39, 0.29) is 16.7 Å². The Morgan fingerprint density at radius 1 is 1.00 bits per heavy atom. The number of aromatic hydroxyl groups is 1. The van der Waals surface area contributed by atoms with E-state index in [2.05, 4.69) is 46.9 Å². The van der Waals surface area contributed by atoms with Gasteiger partial charge in [-0.3, -0.25) is 4.79 Å². The lowest BCUT2D eigenvalue weighted by Crippen LogP contribution is -2.17. The Morgan fingerprint density at radius 3 is 2.07 bits per heavy atom. The summed E-state index contributed by atoms with van der Waals surface area (Å²) < 4.78 is 5.37. The Hall–Kier alpha value is -2.75. The monoisotopic (exact) mass is 379 g/mol. The molecule has 1 aliphatic heterocycles. The minimum atomic E-state index is -0.225. The number of para-hydroxylation sites is 1. The normalized spacial score (nSPS) is 15.5. The average molecular weight is 380 g/mol. The number of hydrogen-bond donors (Lipinski definition) is 2. The summed E-state index contributed by atoms with van der Waals surface area (Å²) in [5.41, 5.74) is 4.31. The van der Waals surface area contributed by atoms with Gasteiger partial charge in [0.1, 0.15) is 11.5 Å². The van der Waals surface area contributed by atoms with Crippen LogP contribution in [0.3, 0.4) is 0 Å². The first-order chi connectivity index (χ1) is 12.9. The molecule has 0 radical (unpaired) electrons. The molecule has 0 unspecified atom stereocenters. The van der Waals surface area contributed by atoms with Crippen molar-refractivity contribution in [3.05, 3.63) is 52.6 Å². The van der Waals surface area contributed by atoms with Crippen molar-refractivity contribution < 1.29 is 14.6 Å². The highest BCUT2D eigenvalue weighted by Gasteiger charge is 2.29. The number of fused-ring (bicyclic) bond motifs is 1. The first-order valence-corrected chi connectivity index (χ1v) is 9.52. The van der Waals surface area contributed by atoms with E-state index in [0.29, 0.717) is 22.8 Å². The molecular formula is C24H29NO3. The maximum absolute atomic E-state index is 12.7. The second-order valence-corrected chi connectivity index (χ2v) is 9.36. The van der Waals surface area contributed by atoms with Crippen LogP contribution in [-0.2, 0) is 15.6 Å². The Labute approximate surface area is 167 Å². The van der Waals surface area contributed by atoms with Crippen LogP contribution >= 0.6 is 0 Å². The van der Waals surface area contributed by atoms with Gasteiger partial charge >= 0.3 is 0 Å². The number of carbonyl (C=O) groups excluding carboxylic acids is 1. The second kappa shape index (κ2) is 6.69. The maximum Gasteiger partial charge on any atom is 0.256 e. The minimum Gasteiger partial charge on any atom is -0.507 e. The van der Waals surface area contributed by atoms with Gasteiger partial charge in [-0.15, -0.1) is 0 Å². The number of phenolic OH excluding ortho intramolecular Hbond substituents is 1. The van der Waals surface area contributed by atoms with Crippen molar-refractivity contribution in [1.82, 2.24) is 0 Å². The quantitative estimate of drug-likeness (QED) is 0.679. The maximum atomic E-state index is 12.7. The largest absolute Gasteiger partial charge is 0.507 e. The summed E-state index contributed by atoms with van der Waals surface area (Å²) >= 11 is 0. The third-order valence-electron chi connectivity index (χ3n) is 5.08. The summed E-state index contributed by atoms with van der Waals surface area (Å²) in [6, 6.07) is 9.57. The number of rotatable bonds is 2. The molecule has 4 nitrogen and oxygen atoms in total. The SMILES string of the molecule is COc1cccc2c1NC(=O)/C2=C/c1cc(C(C)(C)C)c(O)c(C(C)(C)C)c1. The molecule has 0 spiro atoms. The van der Waals surface area contributed by atoms with Gasteiger partial charge in [0, 0.05) is 22.3 Å². The highest BCUT2D eigenvalue weighted by atomic mass is 16.5. The van der Waals surface area contributed by atoms with Gasteiger partial charge in [0.25, 0.3) is 5.91 Å². The lowest BCUT2D eigenvalue weighted by Gasteiger charge is -2.28.